The Morgan fingerprint density at radius 1 is 1.26 bits per heavy atom. The number of ether oxygens (including phenoxy) is 2. The molecule has 0 fully saturated rings. The summed E-state index contributed by atoms with van der Waals surface area (Å²) in [6, 6.07) is 12.9. The highest BCUT2D eigenvalue weighted by molar-refractivity contribution is 7.80. The fraction of sp³-hybridized carbons (Fsp3) is 0.200. The van der Waals surface area contributed by atoms with E-state index in [9.17, 15) is 4.79 Å². The summed E-state index contributed by atoms with van der Waals surface area (Å²) in [5.41, 5.74) is 3.12. The monoisotopic (exact) mass is 383 g/mol. The molecule has 0 saturated carbocycles. The molecule has 140 valence electrons. The number of aryl methyl sites for hydroxylation is 1. The van der Waals surface area contributed by atoms with Crippen LogP contribution in [0.25, 0.3) is 5.76 Å². The summed E-state index contributed by atoms with van der Waals surface area (Å²) >= 11 is 5.25. The van der Waals surface area contributed by atoms with Crippen LogP contribution in [-0.2, 0) is 4.74 Å². The van der Waals surface area contributed by atoms with Gasteiger partial charge < -0.3 is 19.7 Å². The van der Waals surface area contributed by atoms with Gasteiger partial charge in [0, 0.05) is 30.6 Å². The second kappa shape index (κ2) is 8.09. The molecule has 0 radical (unpaired) electrons. The third kappa shape index (κ3) is 4.57. The molecule has 27 heavy (non-hydrogen) atoms. The molecule has 2 aromatic rings. The standard InChI is InChI=1S/C20H21N3O3S/c1-13-5-4-6-14(9-13)19(24)22-20(27)21-15-7-8-16(17(10-15)25-3)18-11-23(2)12-26-18/h4-11H,12H2,1-3H3,(H2,21,22,24,27). The highest BCUT2D eigenvalue weighted by Gasteiger charge is 2.17. The zero-order valence-corrected chi connectivity index (χ0v) is 16.2. The predicted octanol–water partition coefficient (Wildman–Crippen LogP) is 3.35. The Morgan fingerprint density at radius 2 is 2.07 bits per heavy atom. The quantitative estimate of drug-likeness (QED) is 0.790. The number of hydrogen-bond acceptors (Lipinski definition) is 5. The molecule has 2 N–H and O–H groups in total. The van der Waals surface area contributed by atoms with Crippen molar-refractivity contribution in [3.8, 4) is 5.75 Å². The lowest BCUT2D eigenvalue weighted by molar-refractivity contribution is 0.0977. The summed E-state index contributed by atoms with van der Waals surface area (Å²) in [4.78, 5) is 14.2. The number of anilines is 1. The molecule has 1 aliphatic rings. The Labute approximate surface area is 163 Å². The Kier molecular flexibility index (Phi) is 5.61. The second-order valence-electron chi connectivity index (χ2n) is 6.22. The van der Waals surface area contributed by atoms with E-state index in [1.807, 2.05) is 61.5 Å². The van der Waals surface area contributed by atoms with Crippen molar-refractivity contribution in [2.75, 3.05) is 26.2 Å². The Bertz CT molecular complexity index is 911. The van der Waals surface area contributed by atoms with Crippen molar-refractivity contribution in [1.29, 1.82) is 0 Å². The molecule has 0 bridgehead atoms. The van der Waals surface area contributed by atoms with Gasteiger partial charge in [0.2, 0.25) is 0 Å². The molecule has 6 nitrogen and oxygen atoms in total. The normalized spacial score (nSPS) is 12.9. The maximum atomic E-state index is 12.3. The van der Waals surface area contributed by atoms with Gasteiger partial charge >= 0.3 is 0 Å². The number of carbonyl (C=O) groups excluding carboxylic acids is 1. The molecule has 0 atom stereocenters. The predicted molar refractivity (Wildman–Crippen MR) is 110 cm³/mol. The number of methoxy groups -OCH3 is 1. The second-order valence-corrected chi connectivity index (χ2v) is 6.62. The average molecular weight is 383 g/mol. The molecule has 3 rings (SSSR count). The minimum absolute atomic E-state index is 0.215. The van der Waals surface area contributed by atoms with Gasteiger partial charge in [-0.25, -0.2) is 0 Å². The van der Waals surface area contributed by atoms with Crippen LogP contribution in [0, 0.1) is 6.92 Å². The van der Waals surface area contributed by atoms with Gasteiger partial charge in [-0.1, -0.05) is 17.7 Å². The number of nitrogens with zero attached hydrogens (tertiary/aromatic N) is 1. The van der Waals surface area contributed by atoms with E-state index >= 15 is 0 Å². The summed E-state index contributed by atoms with van der Waals surface area (Å²) < 4.78 is 11.1. The van der Waals surface area contributed by atoms with Crippen molar-refractivity contribution in [3.63, 3.8) is 0 Å². The topological polar surface area (TPSA) is 62.8 Å². The van der Waals surface area contributed by atoms with Gasteiger partial charge in [0.1, 0.15) is 11.5 Å². The van der Waals surface area contributed by atoms with Crippen LogP contribution in [0.4, 0.5) is 5.69 Å². The first-order valence-electron chi connectivity index (χ1n) is 8.38. The third-order valence-corrected chi connectivity index (χ3v) is 4.20. The number of benzene rings is 2. The van der Waals surface area contributed by atoms with Crippen LogP contribution in [0.3, 0.4) is 0 Å². The zero-order chi connectivity index (χ0) is 19.4. The van der Waals surface area contributed by atoms with Gasteiger partial charge in [-0.3, -0.25) is 10.1 Å². The molecule has 0 saturated heterocycles. The summed E-state index contributed by atoms with van der Waals surface area (Å²) in [6.45, 7) is 2.44. The minimum Gasteiger partial charge on any atom is -0.496 e. The van der Waals surface area contributed by atoms with E-state index in [4.69, 9.17) is 21.7 Å². The Balaban J connectivity index is 1.69. The molecule has 1 aliphatic heterocycles. The number of nitrogens with one attached hydrogen (secondary N) is 2. The largest absolute Gasteiger partial charge is 0.496 e. The number of rotatable bonds is 4. The van der Waals surface area contributed by atoms with Gasteiger partial charge in [-0.05, 0) is 43.4 Å². The molecule has 0 aliphatic carbocycles. The molecule has 1 amide bonds. The molecule has 7 heteroatoms. The summed E-state index contributed by atoms with van der Waals surface area (Å²) in [5, 5.41) is 5.91. The van der Waals surface area contributed by atoms with Crippen LogP contribution < -0.4 is 15.4 Å². The van der Waals surface area contributed by atoms with E-state index in [-0.39, 0.29) is 11.0 Å². The Hall–Kier alpha value is -3.06. The smallest absolute Gasteiger partial charge is 0.257 e. The van der Waals surface area contributed by atoms with Crippen molar-refractivity contribution in [2.45, 2.75) is 6.92 Å². The SMILES string of the molecule is COc1cc(NC(=S)NC(=O)c2cccc(C)c2)ccc1C1=CN(C)CO1. The number of amides is 1. The summed E-state index contributed by atoms with van der Waals surface area (Å²) in [7, 11) is 3.53. The van der Waals surface area contributed by atoms with Crippen LogP contribution >= 0.6 is 12.2 Å². The maximum Gasteiger partial charge on any atom is 0.257 e. The first-order valence-corrected chi connectivity index (χ1v) is 8.79. The molecular formula is C20H21N3O3S. The minimum atomic E-state index is -0.257. The van der Waals surface area contributed by atoms with Crippen LogP contribution in [0.15, 0.2) is 48.7 Å². The van der Waals surface area contributed by atoms with E-state index in [2.05, 4.69) is 10.6 Å². The summed E-state index contributed by atoms with van der Waals surface area (Å²) in [6.07, 6.45) is 1.91. The number of thiocarbonyl (C=S) groups is 1. The van der Waals surface area contributed by atoms with Crippen molar-refractivity contribution in [1.82, 2.24) is 10.2 Å². The van der Waals surface area contributed by atoms with Crippen molar-refractivity contribution in [2.24, 2.45) is 0 Å². The van der Waals surface area contributed by atoms with E-state index in [0.29, 0.717) is 23.7 Å². The lowest BCUT2D eigenvalue weighted by atomic mass is 10.1. The number of carbonyl (C=O) groups is 1. The maximum absolute atomic E-state index is 12.3. The fourth-order valence-electron chi connectivity index (χ4n) is 2.69. The molecule has 0 aromatic heterocycles. The highest BCUT2D eigenvalue weighted by Crippen LogP contribution is 2.32. The molecule has 0 unspecified atom stereocenters. The fourth-order valence-corrected chi connectivity index (χ4v) is 2.90. The van der Waals surface area contributed by atoms with Crippen molar-refractivity contribution < 1.29 is 14.3 Å². The van der Waals surface area contributed by atoms with E-state index in [1.165, 1.54) is 0 Å². The van der Waals surface area contributed by atoms with Crippen LogP contribution in [0.1, 0.15) is 21.5 Å². The zero-order valence-electron chi connectivity index (χ0n) is 15.4. The van der Waals surface area contributed by atoms with Crippen molar-refractivity contribution in [3.05, 3.63) is 65.4 Å². The van der Waals surface area contributed by atoms with Crippen LogP contribution in [-0.4, -0.2) is 36.8 Å². The van der Waals surface area contributed by atoms with Crippen molar-refractivity contribution >= 4 is 34.7 Å². The lowest BCUT2D eigenvalue weighted by Crippen LogP contribution is -2.34. The molecular weight excluding hydrogens is 362 g/mol. The average Bonchev–Trinajstić information content (AvgIpc) is 3.07. The molecule has 1 heterocycles. The third-order valence-electron chi connectivity index (χ3n) is 3.99. The highest BCUT2D eigenvalue weighted by atomic mass is 32.1. The number of hydrogen-bond donors (Lipinski definition) is 2. The molecule has 0 spiro atoms. The van der Waals surface area contributed by atoms with Gasteiger partial charge in [-0.2, -0.15) is 0 Å². The lowest BCUT2D eigenvalue weighted by Gasteiger charge is -2.13. The van der Waals surface area contributed by atoms with E-state index in [0.717, 1.165) is 16.9 Å². The van der Waals surface area contributed by atoms with Crippen LogP contribution in [0.2, 0.25) is 0 Å². The van der Waals surface area contributed by atoms with E-state index in [1.54, 1.807) is 13.2 Å². The molecule has 2 aromatic carbocycles. The summed E-state index contributed by atoms with van der Waals surface area (Å²) in [5.74, 6) is 1.14. The first kappa shape index (κ1) is 18.7. The first-order chi connectivity index (χ1) is 13.0. The van der Waals surface area contributed by atoms with Gasteiger partial charge in [0.15, 0.2) is 11.8 Å². The van der Waals surface area contributed by atoms with Gasteiger partial charge in [0.05, 0.1) is 12.7 Å². The Morgan fingerprint density at radius 3 is 2.74 bits per heavy atom. The van der Waals surface area contributed by atoms with E-state index < -0.39 is 0 Å². The van der Waals surface area contributed by atoms with Gasteiger partial charge in [0.25, 0.3) is 5.91 Å². The van der Waals surface area contributed by atoms with Crippen LogP contribution in [0.5, 0.6) is 5.75 Å². The van der Waals surface area contributed by atoms with Gasteiger partial charge in [-0.15, -0.1) is 0 Å².